The molecule has 2 rings (SSSR count). The molecule has 1 aromatic carbocycles. The SMILES string of the molecule is COc1cccc(CS(=O)(=O)N[C@H]2C=CC[C@H](C(=O)O)C2)c1. The second-order valence-electron chi connectivity index (χ2n) is 5.27. The minimum absolute atomic E-state index is 0.174. The molecule has 0 heterocycles. The van der Waals surface area contributed by atoms with Gasteiger partial charge in [0.2, 0.25) is 10.0 Å². The molecule has 1 aliphatic carbocycles. The topological polar surface area (TPSA) is 92.7 Å². The number of hydrogen-bond acceptors (Lipinski definition) is 4. The van der Waals surface area contributed by atoms with Crippen molar-refractivity contribution in [3.63, 3.8) is 0 Å². The molecule has 0 bridgehead atoms. The van der Waals surface area contributed by atoms with E-state index in [0.717, 1.165) is 0 Å². The van der Waals surface area contributed by atoms with E-state index in [9.17, 15) is 13.2 Å². The highest BCUT2D eigenvalue weighted by atomic mass is 32.2. The van der Waals surface area contributed by atoms with Gasteiger partial charge in [-0.2, -0.15) is 0 Å². The van der Waals surface area contributed by atoms with Gasteiger partial charge in [0.05, 0.1) is 18.8 Å². The molecule has 6 nitrogen and oxygen atoms in total. The Labute approximate surface area is 129 Å². The second kappa shape index (κ2) is 6.93. The number of carbonyl (C=O) groups is 1. The van der Waals surface area contributed by atoms with Gasteiger partial charge in [0.15, 0.2) is 0 Å². The van der Waals surface area contributed by atoms with Crippen LogP contribution in [0, 0.1) is 5.92 Å². The van der Waals surface area contributed by atoms with Gasteiger partial charge in [0, 0.05) is 6.04 Å². The van der Waals surface area contributed by atoms with Crippen LogP contribution in [0.4, 0.5) is 0 Å². The van der Waals surface area contributed by atoms with E-state index in [4.69, 9.17) is 9.84 Å². The van der Waals surface area contributed by atoms with Crippen LogP contribution in [0.15, 0.2) is 36.4 Å². The normalized spacial score (nSPS) is 21.5. The summed E-state index contributed by atoms with van der Waals surface area (Å²) in [5.74, 6) is -1.03. The molecular weight excluding hydrogens is 306 g/mol. The molecule has 0 unspecified atom stereocenters. The number of ether oxygens (including phenoxy) is 1. The number of rotatable bonds is 6. The van der Waals surface area contributed by atoms with Crippen LogP contribution >= 0.6 is 0 Å². The molecule has 1 aromatic rings. The van der Waals surface area contributed by atoms with Crippen molar-refractivity contribution >= 4 is 16.0 Å². The molecule has 0 aliphatic heterocycles. The fraction of sp³-hybridized carbons (Fsp3) is 0.400. The molecule has 120 valence electrons. The maximum Gasteiger partial charge on any atom is 0.306 e. The third kappa shape index (κ3) is 4.57. The summed E-state index contributed by atoms with van der Waals surface area (Å²) < 4.78 is 32.0. The molecule has 22 heavy (non-hydrogen) atoms. The monoisotopic (exact) mass is 325 g/mol. The van der Waals surface area contributed by atoms with Gasteiger partial charge in [0.1, 0.15) is 5.75 Å². The van der Waals surface area contributed by atoms with Crippen LogP contribution in [-0.2, 0) is 20.6 Å². The number of allylic oxidation sites excluding steroid dienone is 1. The molecule has 0 saturated heterocycles. The van der Waals surface area contributed by atoms with Crippen LogP contribution in [0.2, 0.25) is 0 Å². The van der Waals surface area contributed by atoms with Gasteiger partial charge in [-0.15, -0.1) is 0 Å². The Balaban J connectivity index is 2.03. The zero-order chi connectivity index (χ0) is 16.2. The Hall–Kier alpha value is -1.86. The first-order valence-corrected chi connectivity index (χ1v) is 8.57. The van der Waals surface area contributed by atoms with Gasteiger partial charge in [-0.25, -0.2) is 13.1 Å². The van der Waals surface area contributed by atoms with E-state index in [1.165, 1.54) is 7.11 Å². The molecule has 2 atom stereocenters. The van der Waals surface area contributed by atoms with Crippen molar-refractivity contribution in [2.45, 2.75) is 24.6 Å². The molecular formula is C15H19NO5S. The molecule has 0 fully saturated rings. The first kappa shape index (κ1) is 16.5. The quantitative estimate of drug-likeness (QED) is 0.774. The molecule has 0 amide bonds. The van der Waals surface area contributed by atoms with Gasteiger partial charge in [-0.05, 0) is 30.5 Å². The van der Waals surface area contributed by atoms with Crippen molar-refractivity contribution in [3.05, 3.63) is 42.0 Å². The zero-order valence-corrected chi connectivity index (χ0v) is 13.0. The standard InChI is InChI=1S/C15H19NO5S/c1-21-14-7-2-4-11(8-14)10-22(19,20)16-13-6-3-5-12(9-13)15(17)18/h2-4,6-8,12-13,16H,5,9-10H2,1H3,(H,17,18)/t12-,13-/m0/s1. The number of nitrogens with one attached hydrogen (secondary N) is 1. The zero-order valence-electron chi connectivity index (χ0n) is 12.2. The van der Waals surface area contributed by atoms with Crippen molar-refractivity contribution in [2.75, 3.05) is 7.11 Å². The summed E-state index contributed by atoms with van der Waals surface area (Å²) in [5, 5.41) is 9.02. The van der Waals surface area contributed by atoms with Crippen molar-refractivity contribution in [2.24, 2.45) is 5.92 Å². The Morgan fingerprint density at radius 3 is 2.91 bits per heavy atom. The predicted molar refractivity (Wildman–Crippen MR) is 82.0 cm³/mol. The van der Waals surface area contributed by atoms with Crippen LogP contribution in [0.25, 0.3) is 0 Å². The van der Waals surface area contributed by atoms with E-state index in [2.05, 4.69) is 4.72 Å². The lowest BCUT2D eigenvalue weighted by Gasteiger charge is -2.22. The lowest BCUT2D eigenvalue weighted by molar-refractivity contribution is -0.142. The second-order valence-corrected chi connectivity index (χ2v) is 7.02. The summed E-state index contributed by atoms with van der Waals surface area (Å²) in [4.78, 5) is 11.0. The highest BCUT2D eigenvalue weighted by Gasteiger charge is 2.26. The van der Waals surface area contributed by atoms with E-state index >= 15 is 0 Å². The molecule has 0 saturated carbocycles. The largest absolute Gasteiger partial charge is 0.497 e. The van der Waals surface area contributed by atoms with Gasteiger partial charge >= 0.3 is 5.97 Å². The van der Waals surface area contributed by atoms with Gasteiger partial charge < -0.3 is 9.84 Å². The van der Waals surface area contributed by atoms with Crippen LogP contribution in [0.1, 0.15) is 18.4 Å². The minimum Gasteiger partial charge on any atom is -0.497 e. The summed E-state index contributed by atoms with van der Waals surface area (Å²) in [5.41, 5.74) is 0.612. The van der Waals surface area contributed by atoms with Crippen molar-refractivity contribution in [1.29, 1.82) is 0 Å². The average Bonchev–Trinajstić information content (AvgIpc) is 2.46. The fourth-order valence-electron chi connectivity index (χ4n) is 2.43. The number of sulfonamides is 1. The summed E-state index contributed by atoms with van der Waals surface area (Å²) in [7, 11) is -2.04. The maximum absolute atomic E-state index is 12.2. The van der Waals surface area contributed by atoms with Crippen molar-refractivity contribution < 1.29 is 23.1 Å². The smallest absolute Gasteiger partial charge is 0.306 e. The summed E-state index contributed by atoms with van der Waals surface area (Å²) in [6, 6.07) is 6.36. The molecule has 0 radical (unpaired) electrons. The Morgan fingerprint density at radius 2 is 2.23 bits per heavy atom. The minimum atomic E-state index is -3.56. The first-order chi connectivity index (χ1) is 10.4. The fourth-order valence-corrected chi connectivity index (χ4v) is 3.77. The van der Waals surface area contributed by atoms with Crippen LogP contribution < -0.4 is 9.46 Å². The van der Waals surface area contributed by atoms with E-state index in [1.54, 1.807) is 36.4 Å². The van der Waals surface area contributed by atoms with E-state index in [-0.39, 0.29) is 12.2 Å². The molecule has 1 aliphatic rings. The van der Waals surface area contributed by atoms with Crippen LogP contribution in [0.5, 0.6) is 5.75 Å². The Morgan fingerprint density at radius 1 is 1.45 bits per heavy atom. The third-order valence-electron chi connectivity index (χ3n) is 3.50. The summed E-state index contributed by atoms with van der Waals surface area (Å²) in [6.07, 6.45) is 4.12. The van der Waals surface area contributed by atoms with Gasteiger partial charge in [0.25, 0.3) is 0 Å². The average molecular weight is 325 g/mol. The van der Waals surface area contributed by atoms with Crippen LogP contribution in [-0.4, -0.2) is 32.6 Å². The lowest BCUT2D eigenvalue weighted by Crippen LogP contribution is -2.38. The van der Waals surface area contributed by atoms with Gasteiger partial charge in [-0.1, -0.05) is 24.3 Å². The van der Waals surface area contributed by atoms with Gasteiger partial charge in [-0.3, -0.25) is 4.79 Å². The molecule has 0 spiro atoms. The number of aliphatic carboxylic acids is 1. The van der Waals surface area contributed by atoms with Crippen LogP contribution in [0.3, 0.4) is 0 Å². The van der Waals surface area contributed by atoms with E-state index in [1.807, 2.05) is 0 Å². The van der Waals surface area contributed by atoms with Crippen molar-refractivity contribution in [3.8, 4) is 5.75 Å². The number of hydrogen-bond donors (Lipinski definition) is 2. The van der Waals surface area contributed by atoms with E-state index in [0.29, 0.717) is 17.7 Å². The first-order valence-electron chi connectivity index (χ1n) is 6.92. The molecule has 0 aromatic heterocycles. The highest BCUT2D eigenvalue weighted by molar-refractivity contribution is 7.88. The number of benzene rings is 1. The molecule has 2 N–H and O–H groups in total. The number of methoxy groups -OCH3 is 1. The highest BCUT2D eigenvalue weighted by Crippen LogP contribution is 2.20. The number of carboxylic acids is 1. The van der Waals surface area contributed by atoms with Crippen molar-refractivity contribution in [1.82, 2.24) is 4.72 Å². The maximum atomic E-state index is 12.2. The Kier molecular flexibility index (Phi) is 5.20. The predicted octanol–water partition coefficient (Wildman–Crippen LogP) is 1.53. The lowest BCUT2D eigenvalue weighted by atomic mass is 9.92. The summed E-state index contributed by atoms with van der Waals surface area (Å²) >= 11 is 0. The van der Waals surface area contributed by atoms with E-state index < -0.39 is 28.0 Å². The Bertz CT molecular complexity index is 668. The summed E-state index contributed by atoms with van der Waals surface area (Å²) in [6.45, 7) is 0. The third-order valence-corrected chi connectivity index (χ3v) is 4.87. The number of carboxylic acid groups (broad SMARTS) is 1. The molecule has 7 heteroatoms.